The van der Waals surface area contributed by atoms with E-state index < -0.39 is 0 Å². The Labute approximate surface area is 306 Å². The Morgan fingerprint density at radius 3 is 1.69 bits per heavy atom. The molecule has 4 saturated carbocycles. The van der Waals surface area contributed by atoms with Crippen molar-refractivity contribution in [1.29, 1.82) is 0 Å². The predicted octanol–water partition coefficient (Wildman–Crippen LogP) is 13.5. The molecule has 51 heavy (non-hydrogen) atoms. The molecule has 0 aliphatic heterocycles. The van der Waals surface area contributed by atoms with Crippen LogP contribution in [0.5, 0.6) is 0 Å². The van der Waals surface area contributed by atoms with Crippen LogP contribution in [0.4, 0.5) is 17.1 Å². The number of hydrogen-bond acceptors (Lipinski definition) is 1. The highest BCUT2D eigenvalue weighted by Gasteiger charge is 2.61. The SMILES string of the molecule is CC1(C)c2ccccc2-c2ccc(N(c3ccccc3)c3ccc4c(c3)C3(c5cc(-c6ccccc6Cl)ccc5-4)C4CC5CC(C4)CC3C5)cc21. The zero-order valence-electron chi connectivity index (χ0n) is 29.4. The van der Waals surface area contributed by atoms with Gasteiger partial charge in [-0.15, -0.1) is 0 Å². The number of hydrogen-bond donors (Lipinski definition) is 0. The smallest absolute Gasteiger partial charge is 0.0484 e. The Balaban J connectivity index is 1.11. The van der Waals surface area contributed by atoms with Crippen LogP contribution in [0.2, 0.25) is 5.02 Å². The van der Waals surface area contributed by atoms with Gasteiger partial charge in [0.05, 0.1) is 0 Å². The van der Waals surface area contributed by atoms with Crippen molar-refractivity contribution < 1.29 is 0 Å². The third-order valence-electron chi connectivity index (χ3n) is 13.9. The highest BCUT2D eigenvalue weighted by Crippen LogP contribution is 2.70. The first-order chi connectivity index (χ1) is 24.9. The van der Waals surface area contributed by atoms with E-state index in [0.29, 0.717) is 11.8 Å². The fraction of sp³-hybridized carbons (Fsp3) is 0.265. The Kier molecular flexibility index (Phi) is 6.32. The maximum Gasteiger partial charge on any atom is 0.0484 e. The summed E-state index contributed by atoms with van der Waals surface area (Å²) < 4.78 is 0. The molecule has 0 radical (unpaired) electrons. The zero-order chi connectivity index (χ0) is 34.1. The van der Waals surface area contributed by atoms with E-state index in [1.54, 1.807) is 11.1 Å². The number of nitrogens with zero attached hydrogens (tertiary/aromatic N) is 1. The lowest BCUT2D eigenvalue weighted by molar-refractivity contribution is -0.0399. The van der Waals surface area contributed by atoms with Gasteiger partial charge in [-0.2, -0.15) is 0 Å². The summed E-state index contributed by atoms with van der Waals surface area (Å²) in [5.41, 5.74) is 17.6. The van der Waals surface area contributed by atoms with Crippen LogP contribution < -0.4 is 4.90 Å². The lowest BCUT2D eigenvalue weighted by Gasteiger charge is -2.61. The minimum absolute atomic E-state index is 0.0370. The molecular weight excluding hydrogens is 638 g/mol. The van der Waals surface area contributed by atoms with Crippen LogP contribution in [0.15, 0.2) is 133 Å². The molecule has 0 aromatic heterocycles. The molecule has 1 nitrogen and oxygen atoms in total. The van der Waals surface area contributed by atoms with Crippen LogP contribution in [0.3, 0.4) is 0 Å². The fourth-order valence-electron chi connectivity index (χ4n) is 12.0. The fourth-order valence-corrected chi connectivity index (χ4v) is 12.3. The first-order valence-electron chi connectivity index (χ1n) is 19.0. The third kappa shape index (κ3) is 4.10. The molecule has 12 rings (SSSR count). The van der Waals surface area contributed by atoms with Crippen molar-refractivity contribution in [2.24, 2.45) is 23.7 Å². The molecule has 4 fully saturated rings. The molecule has 0 N–H and O–H groups in total. The minimum atomic E-state index is -0.0618. The summed E-state index contributed by atoms with van der Waals surface area (Å²) in [6.07, 6.45) is 6.87. The normalized spacial score (nSPS) is 25.4. The molecule has 0 unspecified atom stereocenters. The van der Waals surface area contributed by atoms with Crippen molar-refractivity contribution in [1.82, 2.24) is 0 Å². The highest BCUT2D eigenvalue weighted by molar-refractivity contribution is 6.33. The van der Waals surface area contributed by atoms with Gasteiger partial charge in [-0.05, 0) is 154 Å². The molecule has 0 heterocycles. The summed E-state index contributed by atoms with van der Waals surface area (Å²) in [5.74, 6) is 3.13. The monoisotopic (exact) mass is 679 g/mol. The second-order valence-electron chi connectivity index (χ2n) is 16.7. The van der Waals surface area contributed by atoms with Crippen molar-refractivity contribution in [3.8, 4) is 33.4 Å². The Morgan fingerprint density at radius 2 is 1.00 bits per heavy atom. The van der Waals surface area contributed by atoms with Gasteiger partial charge in [-0.25, -0.2) is 0 Å². The standard InChI is InChI=1S/C49H42ClN/c1-48(2)43-14-8-6-13-39(43)40-20-17-36(28-44(40)48)51(35-10-4-3-5-11-35)37-18-21-42-41-19-16-32(38-12-7-9-15-47(38)50)27-45(41)49(46(42)29-37)33-23-30-22-31(25-33)26-34(49)24-30/h3-21,27-31,33-34H,22-26H2,1-2H3. The van der Waals surface area contributed by atoms with E-state index in [0.717, 1.165) is 22.4 Å². The maximum absolute atomic E-state index is 6.84. The first kappa shape index (κ1) is 30.1. The lowest BCUT2D eigenvalue weighted by atomic mass is 9.43. The van der Waals surface area contributed by atoms with Crippen molar-refractivity contribution in [3.63, 3.8) is 0 Å². The van der Waals surface area contributed by atoms with E-state index in [9.17, 15) is 0 Å². The summed E-state index contributed by atoms with van der Waals surface area (Å²) in [5, 5.41) is 0.827. The van der Waals surface area contributed by atoms with Gasteiger partial charge in [-0.1, -0.05) is 110 Å². The van der Waals surface area contributed by atoms with Crippen molar-refractivity contribution in [2.45, 2.75) is 56.8 Å². The largest absolute Gasteiger partial charge is 0.310 e. The summed E-state index contributed by atoms with van der Waals surface area (Å²) in [6.45, 7) is 4.77. The summed E-state index contributed by atoms with van der Waals surface area (Å²) in [7, 11) is 0. The van der Waals surface area contributed by atoms with Crippen LogP contribution in [0, 0.1) is 23.7 Å². The summed E-state index contributed by atoms with van der Waals surface area (Å²) in [6, 6.07) is 50.3. The average Bonchev–Trinajstić information content (AvgIpc) is 3.56. The van der Waals surface area contributed by atoms with Gasteiger partial charge < -0.3 is 4.90 Å². The first-order valence-corrected chi connectivity index (χ1v) is 19.4. The quantitative estimate of drug-likeness (QED) is 0.179. The molecular formula is C49H42ClN. The second kappa shape index (κ2) is 10.7. The molecule has 4 bridgehead atoms. The number of halogens is 1. The van der Waals surface area contributed by atoms with Gasteiger partial charge in [0.15, 0.2) is 0 Å². The van der Waals surface area contributed by atoms with Crippen molar-refractivity contribution in [3.05, 3.63) is 161 Å². The number of benzene rings is 6. The topological polar surface area (TPSA) is 3.24 Å². The minimum Gasteiger partial charge on any atom is -0.310 e. The highest BCUT2D eigenvalue weighted by atomic mass is 35.5. The molecule has 6 aliphatic rings. The second-order valence-corrected chi connectivity index (χ2v) is 17.1. The summed E-state index contributed by atoms with van der Waals surface area (Å²) in [4.78, 5) is 2.52. The van der Waals surface area contributed by atoms with Gasteiger partial charge in [0.2, 0.25) is 0 Å². The molecule has 6 aromatic carbocycles. The third-order valence-corrected chi connectivity index (χ3v) is 14.2. The van der Waals surface area contributed by atoms with Crippen LogP contribution in [0.1, 0.15) is 68.2 Å². The summed E-state index contributed by atoms with van der Waals surface area (Å²) >= 11 is 6.84. The molecule has 6 aromatic rings. The van der Waals surface area contributed by atoms with Gasteiger partial charge >= 0.3 is 0 Å². The van der Waals surface area contributed by atoms with E-state index >= 15 is 0 Å². The molecule has 250 valence electrons. The number of anilines is 3. The van der Waals surface area contributed by atoms with Gasteiger partial charge in [-0.3, -0.25) is 0 Å². The van der Waals surface area contributed by atoms with Crippen LogP contribution in [-0.4, -0.2) is 0 Å². The number of rotatable bonds is 4. The zero-order valence-corrected chi connectivity index (χ0v) is 30.1. The van der Waals surface area contributed by atoms with Crippen molar-refractivity contribution in [2.75, 3.05) is 4.90 Å². The van der Waals surface area contributed by atoms with E-state index in [1.807, 2.05) is 12.1 Å². The molecule has 2 heteroatoms. The lowest BCUT2D eigenvalue weighted by Crippen LogP contribution is -2.55. The Bertz CT molecular complexity index is 2360. The van der Waals surface area contributed by atoms with Crippen molar-refractivity contribution >= 4 is 28.7 Å². The van der Waals surface area contributed by atoms with Crippen LogP contribution >= 0.6 is 11.6 Å². The Hall–Kier alpha value is -4.59. The Morgan fingerprint density at radius 1 is 0.471 bits per heavy atom. The van der Waals surface area contributed by atoms with E-state index in [2.05, 4.69) is 140 Å². The average molecular weight is 680 g/mol. The molecule has 0 saturated heterocycles. The number of fused-ring (bicyclic) bond motifs is 6. The van der Waals surface area contributed by atoms with E-state index in [4.69, 9.17) is 11.6 Å². The molecule has 0 atom stereocenters. The van der Waals surface area contributed by atoms with Gasteiger partial charge in [0.1, 0.15) is 0 Å². The van der Waals surface area contributed by atoms with E-state index in [1.165, 1.54) is 88.1 Å². The van der Waals surface area contributed by atoms with Gasteiger partial charge in [0.25, 0.3) is 0 Å². The molecule has 0 amide bonds. The molecule has 1 spiro atoms. The maximum atomic E-state index is 6.84. The van der Waals surface area contributed by atoms with Crippen LogP contribution in [0.25, 0.3) is 33.4 Å². The van der Waals surface area contributed by atoms with E-state index in [-0.39, 0.29) is 10.8 Å². The van der Waals surface area contributed by atoms with Crippen LogP contribution in [-0.2, 0) is 10.8 Å². The molecule has 6 aliphatic carbocycles. The number of para-hydroxylation sites is 1. The van der Waals surface area contributed by atoms with Gasteiger partial charge in [0, 0.05) is 38.5 Å². The predicted molar refractivity (Wildman–Crippen MR) is 212 cm³/mol.